The summed E-state index contributed by atoms with van der Waals surface area (Å²) in [6, 6.07) is 10.4. The van der Waals surface area contributed by atoms with Crippen LogP contribution in [-0.4, -0.2) is 52.7 Å². The molecule has 0 bridgehead atoms. The Hall–Kier alpha value is -2.10. The van der Waals surface area contributed by atoms with Gasteiger partial charge in [-0.15, -0.1) is 24.0 Å². The highest BCUT2D eigenvalue weighted by Crippen LogP contribution is 2.18. The molecule has 0 spiro atoms. The number of benzene rings is 1. The number of carbonyl (C=O) groups is 1. The Bertz CT molecular complexity index is 863. The van der Waals surface area contributed by atoms with Gasteiger partial charge < -0.3 is 15.5 Å². The minimum absolute atomic E-state index is 0. The molecule has 0 radical (unpaired) electrons. The largest absolute Gasteiger partial charge is 0.357 e. The van der Waals surface area contributed by atoms with E-state index in [1.54, 1.807) is 0 Å². The molecular weight excluding hydrogens is 491 g/mol. The summed E-state index contributed by atoms with van der Waals surface area (Å²) in [5, 5.41) is 11.0. The number of aliphatic imine (C=N–C) groups is 1. The number of carbonyl (C=O) groups excluding carboxylic acids is 1. The summed E-state index contributed by atoms with van der Waals surface area (Å²) in [7, 11) is 0. The molecule has 1 aromatic heterocycles. The van der Waals surface area contributed by atoms with Crippen LogP contribution >= 0.6 is 24.0 Å². The van der Waals surface area contributed by atoms with E-state index in [-0.39, 0.29) is 36.4 Å². The van der Waals surface area contributed by atoms with Crippen LogP contribution in [0.1, 0.15) is 35.9 Å². The average Bonchev–Trinajstić information content (AvgIpc) is 3.05. The van der Waals surface area contributed by atoms with Crippen molar-refractivity contribution in [2.24, 2.45) is 4.99 Å². The standard InChI is InChI=1S/C22H32N6O.HI/c1-4-23-22(24-11-7-12-28-18(3)14-17(2)26-28)25-15-21(29)27-13-10-19-8-5-6-9-20(19)16-27;/h5-6,8-9,14H,4,7,10-13,15-16H2,1-3H3,(H2,23,24,25);1H. The second-order valence-electron chi connectivity index (χ2n) is 7.46. The highest BCUT2D eigenvalue weighted by Gasteiger charge is 2.19. The molecular formula is C22H33IN6O. The number of hydrogen-bond donors (Lipinski definition) is 2. The van der Waals surface area contributed by atoms with E-state index >= 15 is 0 Å². The average molecular weight is 524 g/mol. The molecule has 0 fully saturated rings. The van der Waals surface area contributed by atoms with Gasteiger partial charge in [0.2, 0.25) is 5.91 Å². The second kappa shape index (κ2) is 11.9. The first-order chi connectivity index (χ1) is 14.1. The Morgan fingerprint density at radius 1 is 1.20 bits per heavy atom. The minimum atomic E-state index is 0. The second-order valence-corrected chi connectivity index (χ2v) is 7.46. The lowest BCUT2D eigenvalue weighted by atomic mass is 10.00. The van der Waals surface area contributed by atoms with Gasteiger partial charge in [-0.1, -0.05) is 24.3 Å². The van der Waals surface area contributed by atoms with Crippen LogP contribution in [0.25, 0.3) is 0 Å². The molecule has 7 nitrogen and oxygen atoms in total. The van der Waals surface area contributed by atoms with Crippen molar-refractivity contribution < 1.29 is 4.79 Å². The van der Waals surface area contributed by atoms with Gasteiger partial charge in [0, 0.05) is 38.4 Å². The summed E-state index contributed by atoms with van der Waals surface area (Å²) in [4.78, 5) is 19.0. The Morgan fingerprint density at radius 2 is 1.97 bits per heavy atom. The van der Waals surface area contributed by atoms with E-state index in [0.29, 0.717) is 12.5 Å². The van der Waals surface area contributed by atoms with Gasteiger partial charge in [0.1, 0.15) is 6.54 Å². The molecule has 0 saturated carbocycles. The molecule has 0 aliphatic carbocycles. The first-order valence-corrected chi connectivity index (χ1v) is 10.4. The van der Waals surface area contributed by atoms with Crippen molar-refractivity contribution >= 4 is 35.8 Å². The third-order valence-electron chi connectivity index (χ3n) is 5.14. The Kier molecular flexibility index (Phi) is 9.61. The number of hydrogen-bond acceptors (Lipinski definition) is 3. The van der Waals surface area contributed by atoms with Crippen LogP contribution in [0.2, 0.25) is 0 Å². The fourth-order valence-corrected chi connectivity index (χ4v) is 3.63. The van der Waals surface area contributed by atoms with Crippen LogP contribution in [0, 0.1) is 13.8 Å². The van der Waals surface area contributed by atoms with Gasteiger partial charge in [-0.05, 0) is 50.8 Å². The van der Waals surface area contributed by atoms with Gasteiger partial charge in [0.25, 0.3) is 0 Å². The van der Waals surface area contributed by atoms with Crippen LogP contribution in [0.15, 0.2) is 35.3 Å². The molecule has 1 aliphatic heterocycles. The zero-order valence-corrected chi connectivity index (χ0v) is 20.5. The predicted molar refractivity (Wildman–Crippen MR) is 131 cm³/mol. The first-order valence-electron chi connectivity index (χ1n) is 10.4. The van der Waals surface area contributed by atoms with E-state index in [1.165, 1.54) is 16.8 Å². The van der Waals surface area contributed by atoms with E-state index < -0.39 is 0 Å². The van der Waals surface area contributed by atoms with Crippen LogP contribution in [0.5, 0.6) is 0 Å². The lowest BCUT2D eigenvalue weighted by molar-refractivity contribution is -0.130. The van der Waals surface area contributed by atoms with E-state index in [2.05, 4.69) is 51.9 Å². The van der Waals surface area contributed by atoms with Crippen molar-refractivity contribution in [2.75, 3.05) is 26.2 Å². The molecule has 0 atom stereocenters. The molecule has 2 aromatic rings. The van der Waals surface area contributed by atoms with E-state index in [1.807, 2.05) is 29.5 Å². The van der Waals surface area contributed by atoms with Gasteiger partial charge in [-0.3, -0.25) is 9.48 Å². The van der Waals surface area contributed by atoms with Gasteiger partial charge in [-0.2, -0.15) is 5.10 Å². The smallest absolute Gasteiger partial charge is 0.244 e. The topological polar surface area (TPSA) is 74.6 Å². The maximum atomic E-state index is 12.6. The quantitative estimate of drug-likeness (QED) is 0.253. The molecule has 164 valence electrons. The number of rotatable bonds is 7. The lowest BCUT2D eigenvalue weighted by Crippen LogP contribution is -2.41. The number of aryl methyl sites for hydroxylation is 3. The number of halogens is 1. The fraction of sp³-hybridized carbons (Fsp3) is 0.500. The number of nitrogens with zero attached hydrogens (tertiary/aromatic N) is 4. The molecule has 0 unspecified atom stereocenters. The van der Waals surface area contributed by atoms with Crippen LogP contribution < -0.4 is 10.6 Å². The van der Waals surface area contributed by atoms with Crippen molar-refractivity contribution in [3.05, 3.63) is 52.8 Å². The Labute approximate surface area is 196 Å². The zero-order chi connectivity index (χ0) is 20.6. The lowest BCUT2D eigenvalue weighted by Gasteiger charge is -2.28. The number of nitrogens with one attached hydrogen (secondary N) is 2. The molecule has 1 amide bonds. The summed E-state index contributed by atoms with van der Waals surface area (Å²) in [6.07, 6.45) is 1.85. The molecule has 3 rings (SSSR count). The summed E-state index contributed by atoms with van der Waals surface area (Å²) in [6.45, 7) is 10.1. The van der Waals surface area contributed by atoms with Gasteiger partial charge in [0.15, 0.2) is 5.96 Å². The summed E-state index contributed by atoms with van der Waals surface area (Å²) >= 11 is 0. The molecule has 1 aromatic carbocycles. The van der Waals surface area contributed by atoms with Crippen LogP contribution in [0.4, 0.5) is 0 Å². The monoisotopic (exact) mass is 524 g/mol. The fourth-order valence-electron chi connectivity index (χ4n) is 3.63. The molecule has 2 heterocycles. The Morgan fingerprint density at radius 3 is 2.67 bits per heavy atom. The third-order valence-corrected chi connectivity index (χ3v) is 5.14. The molecule has 1 aliphatic rings. The number of fused-ring (bicyclic) bond motifs is 1. The highest BCUT2D eigenvalue weighted by atomic mass is 127. The maximum absolute atomic E-state index is 12.6. The number of guanidine groups is 1. The molecule has 0 saturated heterocycles. The van der Waals surface area contributed by atoms with Crippen molar-refractivity contribution in [2.45, 2.75) is 46.7 Å². The van der Waals surface area contributed by atoms with Crippen molar-refractivity contribution in [1.29, 1.82) is 0 Å². The van der Waals surface area contributed by atoms with Gasteiger partial charge in [-0.25, -0.2) is 4.99 Å². The SMILES string of the molecule is CCNC(=NCC(=O)N1CCc2ccccc2C1)NCCCn1nc(C)cc1C.I. The van der Waals surface area contributed by atoms with Crippen LogP contribution in [-0.2, 0) is 24.3 Å². The van der Waals surface area contributed by atoms with E-state index in [4.69, 9.17) is 0 Å². The number of amides is 1. The third kappa shape index (κ3) is 6.72. The van der Waals surface area contributed by atoms with Gasteiger partial charge >= 0.3 is 0 Å². The van der Waals surface area contributed by atoms with Crippen molar-refractivity contribution in [3.8, 4) is 0 Å². The van der Waals surface area contributed by atoms with Crippen molar-refractivity contribution in [1.82, 2.24) is 25.3 Å². The minimum Gasteiger partial charge on any atom is -0.357 e. The molecule has 8 heteroatoms. The van der Waals surface area contributed by atoms with E-state index in [9.17, 15) is 4.79 Å². The van der Waals surface area contributed by atoms with Crippen LogP contribution in [0.3, 0.4) is 0 Å². The first kappa shape index (κ1) is 24.2. The summed E-state index contributed by atoms with van der Waals surface area (Å²) < 4.78 is 2.03. The summed E-state index contributed by atoms with van der Waals surface area (Å²) in [5.74, 6) is 0.756. The van der Waals surface area contributed by atoms with Crippen molar-refractivity contribution in [3.63, 3.8) is 0 Å². The predicted octanol–water partition coefficient (Wildman–Crippen LogP) is 2.65. The van der Waals surface area contributed by atoms with E-state index in [0.717, 1.165) is 44.7 Å². The van der Waals surface area contributed by atoms with Gasteiger partial charge in [0.05, 0.1) is 5.69 Å². The molecule has 2 N–H and O–H groups in total. The normalized spacial score (nSPS) is 13.4. The molecule has 30 heavy (non-hydrogen) atoms. The highest BCUT2D eigenvalue weighted by molar-refractivity contribution is 14.0. The summed E-state index contributed by atoms with van der Waals surface area (Å²) in [5.41, 5.74) is 4.81. The number of aromatic nitrogens is 2. The zero-order valence-electron chi connectivity index (χ0n) is 18.1. The Balaban J connectivity index is 0.00000320. The maximum Gasteiger partial charge on any atom is 0.244 e.